The zero-order chi connectivity index (χ0) is 15.5. The van der Waals surface area contributed by atoms with Gasteiger partial charge >= 0.3 is 5.97 Å². The van der Waals surface area contributed by atoms with Crippen LogP contribution < -0.4 is 5.32 Å². The first-order valence-electron chi connectivity index (χ1n) is 8.24. The van der Waals surface area contributed by atoms with E-state index in [2.05, 4.69) is 23.5 Å². The van der Waals surface area contributed by atoms with Gasteiger partial charge in [-0.05, 0) is 61.6 Å². The number of aliphatic carboxylic acids is 1. The number of amides is 1. The molecule has 1 aromatic carbocycles. The smallest absolute Gasteiger partial charge is 0.306 e. The minimum absolute atomic E-state index is 0.00629. The average Bonchev–Trinajstić information content (AvgIpc) is 2.95. The molecule has 1 aromatic rings. The Labute approximate surface area is 130 Å². The summed E-state index contributed by atoms with van der Waals surface area (Å²) < 4.78 is 0. The fraction of sp³-hybridized carbons (Fsp3) is 0.556. The number of carboxylic acid groups (broad SMARTS) is 1. The third-order valence-electron chi connectivity index (χ3n) is 4.92. The summed E-state index contributed by atoms with van der Waals surface area (Å²) >= 11 is 0. The molecule has 0 saturated heterocycles. The summed E-state index contributed by atoms with van der Waals surface area (Å²) in [7, 11) is 0. The van der Waals surface area contributed by atoms with Gasteiger partial charge < -0.3 is 10.4 Å². The number of fused-ring (bicyclic) bond motifs is 1. The van der Waals surface area contributed by atoms with Crippen LogP contribution in [0.2, 0.25) is 0 Å². The van der Waals surface area contributed by atoms with Crippen LogP contribution >= 0.6 is 0 Å². The van der Waals surface area contributed by atoms with Crippen molar-refractivity contribution in [2.75, 3.05) is 0 Å². The van der Waals surface area contributed by atoms with Gasteiger partial charge in [0.15, 0.2) is 0 Å². The number of hydrogen-bond donors (Lipinski definition) is 2. The largest absolute Gasteiger partial charge is 0.481 e. The summed E-state index contributed by atoms with van der Waals surface area (Å²) in [6, 6.07) is 6.40. The highest BCUT2D eigenvalue weighted by molar-refractivity contribution is 5.79. The van der Waals surface area contributed by atoms with Crippen molar-refractivity contribution in [2.45, 2.75) is 57.4 Å². The molecule has 2 aliphatic carbocycles. The Bertz CT molecular complexity index is 582. The number of hydrogen-bond acceptors (Lipinski definition) is 2. The molecule has 1 amide bonds. The normalized spacial score (nSPS) is 23.8. The number of rotatable bonds is 4. The predicted octanol–water partition coefficient (Wildman–Crippen LogP) is 2.48. The lowest BCUT2D eigenvalue weighted by Gasteiger charge is -2.17. The predicted molar refractivity (Wildman–Crippen MR) is 83.7 cm³/mol. The van der Waals surface area contributed by atoms with Gasteiger partial charge in [-0.2, -0.15) is 0 Å². The van der Waals surface area contributed by atoms with E-state index in [1.807, 2.05) is 0 Å². The van der Waals surface area contributed by atoms with Gasteiger partial charge in [0.1, 0.15) is 0 Å². The SMILES string of the molecule is O=C(Cc1ccc2c(c1)CCCC2)N[C@H]1CC[C@@H](C(=O)O)C1. The zero-order valence-corrected chi connectivity index (χ0v) is 12.8. The van der Waals surface area contributed by atoms with Crippen molar-refractivity contribution in [3.05, 3.63) is 34.9 Å². The van der Waals surface area contributed by atoms with Crippen LogP contribution in [0.1, 0.15) is 48.8 Å². The van der Waals surface area contributed by atoms with E-state index in [1.54, 1.807) is 0 Å². The standard InChI is InChI=1S/C18H23NO3/c20-17(19-16-8-7-15(11-16)18(21)22)10-12-5-6-13-3-1-2-4-14(13)9-12/h5-6,9,15-16H,1-4,7-8,10-11H2,(H,19,20)(H,21,22)/t15-,16+/m1/s1. The monoisotopic (exact) mass is 301 g/mol. The van der Waals surface area contributed by atoms with Gasteiger partial charge in [-0.15, -0.1) is 0 Å². The Morgan fingerprint density at radius 2 is 1.91 bits per heavy atom. The van der Waals surface area contributed by atoms with E-state index in [-0.39, 0.29) is 17.9 Å². The molecule has 0 radical (unpaired) electrons. The Hall–Kier alpha value is -1.84. The molecule has 22 heavy (non-hydrogen) atoms. The quantitative estimate of drug-likeness (QED) is 0.898. The molecule has 0 heterocycles. The second-order valence-electron chi connectivity index (χ2n) is 6.60. The molecule has 1 saturated carbocycles. The van der Waals surface area contributed by atoms with Gasteiger partial charge in [0, 0.05) is 6.04 Å². The Morgan fingerprint density at radius 1 is 1.14 bits per heavy atom. The van der Waals surface area contributed by atoms with Crippen LogP contribution in [-0.2, 0) is 28.9 Å². The molecule has 0 unspecified atom stereocenters. The highest BCUT2D eigenvalue weighted by Gasteiger charge is 2.30. The van der Waals surface area contributed by atoms with E-state index in [4.69, 9.17) is 5.11 Å². The lowest BCUT2D eigenvalue weighted by atomic mass is 9.90. The molecule has 1 fully saturated rings. The van der Waals surface area contributed by atoms with Crippen molar-refractivity contribution < 1.29 is 14.7 Å². The molecule has 3 rings (SSSR count). The van der Waals surface area contributed by atoms with Gasteiger partial charge in [0.25, 0.3) is 0 Å². The first kappa shape index (κ1) is 15.1. The van der Waals surface area contributed by atoms with Crippen molar-refractivity contribution in [3.63, 3.8) is 0 Å². The van der Waals surface area contributed by atoms with E-state index in [0.29, 0.717) is 19.3 Å². The molecule has 0 aliphatic heterocycles. The lowest BCUT2D eigenvalue weighted by molar-refractivity contribution is -0.141. The summed E-state index contributed by atoms with van der Waals surface area (Å²) in [6.45, 7) is 0. The fourth-order valence-corrected chi connectivity index (χ4v) is 3.70. The Morgan fingerprint density at radius 3 is 2.64 bits per heavy atom. The van der Waals surface area contributed by atoms with Gasteiger partial charge in [-0.1, -0.05) is 18.2 Å². The Balaban J connectivity index is 1.55. The van der Waals surface area contributed by atoms with Gasteiger partial charge in [0.05, 0.1) is 12.3 Å². The topological polar surface area (TPSA) is 66.4 Å². The minimum Gasteiger partial charge on any atom is -0.481 e. The highest BCUT2D eigenvalue weighted by atomic mass is 16.4. The summed E-state index contributed by atoms with van der Waals surface area (Å²) in [5.74, 6) is -1.03. The number of carbonyl (C=O) groups excluding carboxylic acids is 1. The number of carbonyl (C=O) groups is 2. The maximum absolute atomic E-state index is 12.2. The highest BCUT2D eigenvalue weighted by Crippen LogP contribution is 2.26. The van der Waals surface area contributed by atoms with Crippen molar-refractivity contribution in [1.29, 1.82) is 0 Å². The maximum atomic E-state index is 12.2. The lowest BCUT2D eigenvalue weighted by Crippen LogP contribution is -2.34. The van der Waals surface area contributed by atoms with Gasteiger partial charge in [-0.25, -0.2) is 0 Å². The fourth-order valence-electron chi connectivity index (χ4n) is 3.70. The molecule has 2 atom stereocenters. The molecular formula is C18H23NO3. The van der Waals surface area contributed by atoms with Gasteiger partial charge in [-0.3, -0.25) is 9.59 Å². The molecule has 0 spiro atoms. The third-order valence-corrected chi connectivity index (χ3v) is 4.92. The number of carboxylic acids is 1. The second-order valence-corrected chi connectivity index (χ2v) is 6.60. The van der Waals surface area contributed by atoms with Crippen molar-refractivity contribution in [3.8, 4) is 0 Å². The van der Waals surface area contributed by atoms with Crippen LogP contribution in [0.4, 0.5) is 0 Å². The second kappa shape index (κ2) is 6.51. The third kappa shape index (κ3) is 3.49. The summed E-state index contributed by atoms with van der Waals surface area (Å²) in [5, 5.41) is 12.0. The molecule has 118 valence electrons. The maximum Gasteiger partial charge on any atom is 0.306 e. The van der Waals surface area contributed by atoms with E-state index >= 15 is 0 Å². The molecular weight excluding hydrogens is 278 g/mol. The van der Waals surface area contributed by atoms with Crippen LogP contribution in [0.25, 0.3) is 0 Å². The van der Waals surface area contributed by atoms with Crippen LogP contribution in [0.15, 0.2) is 18.2 Å². The number of benzene rings is 1. The minimum atomic E-state index is -0.744. The molecule has 2 aliphatic rings. The number of aryl methyl sites for hydroxylation is 2. The Kier molecular flexibility index (Phi) is 4.46. The molecule has 4 nitrogen and oxygen atoms in total. The van der Waals surface area contributed by atoms with Crippen LogP contribution in [-0.4, -0.2) is 23.0 Å². The van der Waals surface area contributed by atoms with E-state index in [9.17, 15) is 9.59 Å². The van der Waals surface area contributed by atoms with Crippen LogP contribution in [0.5, 0.6) is 0 Å². The first-order chi connectivity index (χ1) is 10.6. The van der Waals surface area contributed by atoms with E-state index < -0.39 is 5.97 Å². The molecule has 0 bridgehead atoms. The van der Waals surface area contributed by atoms with E-state index in [1.165, 1.54) is 24.0 Å². The summed E-state index contributed by atoms with van der Waals surface area (Å²) in [4.78, 5) is 23.1. The van der Waals surface area contributed by atoms with Crippen LogP contribution in [0, 0.1) is 5.92 Å². The molecule has 2 N–H and O–H groups in total. The van der Waals surface area contributed by atoms with Crippen molar-refractivity contribution in [2.24, 2.45) is 5.92 Å². The first-order valence-corrected chi connectivity index (χ1v) is 8.24. The molecule has 0 aromatic heterocycles. The van der Waals surface area contributed by atoms with Crippen LogP contribution in [0.3, 0.4) is 0 Å². The summed E-state index contributed by atoms with van der Waals surface area (Å²) in [5.41, 5.74) is 3.88. The molecule has 4 heteroatoms. The average molecular weight is 301 g/mol. The van der Waals surface area contributed by atoms with E-state index in [0.717, 1.165) is 24.8 Å². The van der Waals surface area contributed by atoms with Crippen molar-refractivity contribution >= 4 is 11.9 Å². The summed E-state index contributed by atoms with van der Waals surface area (Å²) in [6.07, 6.45) is 7.16. The van der Waals surface area contributed by atoms with Gasteiger partial charge in [0.2, 0.25) is 5.91 Å². The zero-order valence-electron chi connectivity index (χ0n) is 12.8. The van der Waals surface area contributed by atoms with Crippen molar-refractivity contribution in [1.82, 2.24) is 5.32 Å². The number of nitrogens with one attached hydrogen (secondary N) is 1.